The van der Waals surface area contributed by atoms with Gasteiger partial charge in [-0.1, -0.05) is 31.5 Å². The Morgan fingerprint density at radius 1 is 1.46 bits per heavy atom. The fourth-order valence-electron chi connectivity index (χ4n) is 2.97. The molecule has 1 aliphatic heterocycles. The maximum absolute atomic E-state index is 13.1. The first-order valence-electron chi connectivity index (χ1n) is 9.18. The molecule has 1 heterocycles. The van der Waals surface area contributed by atoms with Crippen LogP contribution in [0.1, 0.15) is 32.8 Å². The zero-order valence-corrected chi connectivity index (χ0v) is 16.4. The van der Waals surface area contributed by atoms with Gasteiger partial charge in [0.15, 0.2) is 5.96 Å². The lowest BCUT2D eigenvalue weighted by molar-refractivity contribution is -0.133. The molecule has 1 saturated heterocycles. The Balaban J connectivity index is 1.89. The number of benzene rings is 1. The van der Waals surface area contributed by atoms with Crippen LogP contribution in [0.4, 0.5) is 4.39 Å². The predicted octanol–water partition coefficient (Wildman–Crippen LogP) is 2.83. The molecule has 26 heavy (non-hydrogen) atoms. The highest BCUT2D eigenvalue weighted by Crippen LogP contribution is 2.17. The number of amides is 1. The minimum Gasteiger partial charge on any atom is -0.357 e. The number of hydrogen-bond donors (Lipinski definition) is 2. The second kappa shape index (κ2) is 9.76. The lowest BCUT2D eigenvalue weighted by Gasteiger charge is -2.20. The Kier molecular flexibility index (Phi) is 7.69. The molecule has 1 unspecified atom stereocenters. The third kappa shape index (κ3) is 5.87. The molecule has 1 amide bonds. The van der Waals surface area contributed by atoms with Crippen molar-refractivity contribution >= 4 is 23.5 Å². The Bertz CT molecular complexity index is 650. The van der Waals surface area contributed by atoms with Crippen molar-refractivity contribution in [2.45, 2.75) is 39.7 Å². The van der Waals surface area contributed by atoms with Crippen molar-refractivity contribution in [1.29, 1.82) is 0 Å². The quantitative estimate of drug-likeness (QED) is 0.587. The summed E-state index contributed by atoms with van der Waals surface area (Å²) in [4.78, 5) is 18.6. The van der Waals surface area contributed by atoms with E-state index in [4.69, 9.17) is 11.6 Å². The summed E-state index contributed by atoms with van der Waals surface area (Å²) in [5.74, 6) is 0.617. The van der Waals surface area contributed by atoms with Gasteiger partial charge in [-0.2, -0.15) is 0 Å². The van der Waals surface area contributed by atoms with E-state index in [9.17, 15) is 9.18 Å². The molecule has 0 aromatic heterocycles. The normalized spacial score (nSPS) is 17.7. The minimum absolute atomic E-state index is 0.0242. The molecule has 0 saturated carbocycles. The zero-order chi connectivity index (χ0) is 19.1. The maximum atomic E-state index is 13.1. The highest BCUT2D eigenvalue weighted by Gasteiger charge is 2.27. The number of hydrogen-bond acceptors (Lipinski definition) is 2. The van der Waals surface area contributed by atoms with Gasteiger partial charge in [0, 0.05) is 43.2 Å². The van der Waals surface area contributed by atoms with Crippen molar-refractivity contribution in [3.8, 4) is 0 Å². The molecule has 0 aliphatic carbocycles. The number of aliphatic imine (C=N–C) groups is 1. The third-order valence-electron chi connectivity index (χ3n) is 4.35. The predicted molar refractivity (Wildman–Crippen MR) is 104 cm³/mol. The van der Waals surface area contributed by atoms with E-state index in [1.807, 2.05) is 25.7 Å². The first kappa shape index (κ1) is 20.5. The maximum Gasteiger partial charge on any atom is 0.225 e. The summed E-state index contributed by atoms with van der Waals surface area (Å²) in [5.41, 5.74) is 0.877. The van der Waals surface area contributed by atoms with Gasteiger partial charge in [-0.05, 0) is 37.5 Å². The molecule has 2 N–H and O–H groups in total. The number of carbonyl (C=O) groups is 1. The van der Waals surface area contributed by atoms with Crippen molar-refractivity contribution in [2.24, 2.45) is 10.9 Å². The van der Waals surface area contributed by atoms with Gasteiger partial charge in [0.2, 0.25) is 5.91 Å². The van der Waals surface area contributed by atoms with Crippen LogP contribution in [0.5, 0.6) is 0 Å². The molecule has 7 heteroatoms. The molecule has 2 rings (SSSR count). The molecule has 0 bridgehead atoms. The second-order valence-electron chi connectivity index (χ2n) is 6.82. The molecule has 1 aliphatic rings. The molecule has 0 radical (unpaired) electrons. The Morgan fingerprint density at radius 2 is 2.23 bits per heavy atom. The van der Waals surface area contributed by atoms with E-state index in [1.165, 1.54) is 12.1 Å². The molecule has 0 spiro atoms. The molecular weight excluding hydrogens is 355 g/mol. The van der Waals surface area contributed by atoms with Gasteiger partial charge in [0.25, 0.3) is 0 Å². The van der Waals surface area contributed by atoms with Crippen LogP contribution in [0.25, 0.3) is 0 Å². The number of halogens is 2. The van der Waals surface area contributed by atoms with E-state index in [2.05, 4.69) is 15.6 Å². The van der Waals surface area contributed by atoms with Gasteiger partial charge in [-0.25, -0.2) is 4.39 Å². The van der Waals surface area contributed by atoms with Crippen LogP contribution in [0.3, 0.4) is 0 Å². The average molecular weight is 383 g/mol. The van der Waals surface area contributed by atoms with Gasteiger partial charge < -0.3 is 15.5 Å². The number of carbonyl (C=O) groups excluding carboxylic acids is 1. The van der Waals surface area contributed by atoms with Crippen molar-refractivity contribution in [3.63, 3.8) is 0 Å². The van der Waals surface area contributed by atoms with Crippen LogP contribution >= 0.6 is 11.6 Å². The molecular formula is C19H28ClFN4O. The lowest BCUT2D eigenvalue weighted by Crippen LogP contribution is -2.45. The van der Waals surface area contributed by atoms with Crippen LogP contribution in [0.15, 0.2) is 23.2 Å². The summed E-state index contributed by atoms with van der Waals surface area (Å²) < 4.78 is 13.1. The third-order valence-corrected chi connectivity index (χ3v) is 4.70. The van der Waals surface area contributed by atoms with Crippen LogP contribution in [-0.4, -0.2) is 49.0 Å². The van der Waals surface area contributed by atoms with Gasteiger partial charge in [-0.15, -0.1) is 0 Å². The number of likely N-dealkylation sites (tertiary alicyclic amines) is 1. The van der Waals surface area contributed by atoms with Gasteiger partial charge in [-0.3, -0.25) is 9.79 Å². The van der Waals surface area contributed by atoms with E-state index in [0.29, 0.717) is 24.5 Å². The Hall–Kier alpha value is -1.82. The molecule has 1 aromatic rings. The van der Waals surface area contributed by atoms with E-state index in [1.54, 1.807) is 6.07 Å². The SMILES string of the molecule is CCNC(=NCCc1ccc(F)cc1Cl)NC1CCN(C(=O)C(C)C)C1. The first-order valence-corrected chi connectivity index (χ1v) is 9.56. The van der Waals surface area contributed by atoms with E-state index in [-0.39, 0.29) is 23.7 Å². The largest absolute Gasteiger partial charge is 0.357 e. The molecule has 1 aromatic carbocycles. The van der Waals surface area contributed by atoms with Crippen molar-refractivity contribution in [3.05, 3.63) is 34.6 Å². The number of nitrogens with zero attached hydrogens (tertiary/aromatic N) is 2. The Labute approximate surface area is 160 Å². The summed E-state index contributed by atoms with van der Waals surface area (Å²) in [6.07, 6.45) is 1.55. The van der Waals surface area contributed by atoms with Crippen LogP contribution < -0.4 is 10.6 Å². The molecule has 1 fully saturated rings. The number of nitrogens with one attached hydrogen (secondary N) is 2. The van der Waals surface area contributed by atoms with E-state index in [0.717, 1.165) is 31.0 Å². The van der Waals surface area contributed by atoms with Crippen LogP contribution in [0, 0.1) is 11.7 Å². The van der Waals surface area contributed by atoms with Gasteiger partial charge in [0.1, 0.15) is 5.82 Å². The smallest absolute Gasteiger partial charge is 0.225 e. The summed E-state index contributed by atoms with van der Waals surface area (Å²) in [5, 5.41) is 7.06. The highest BCUT2D eigenvalue weighted by molar-refractivity contribution is 6.31. The molecule has 5 nitrogen and oxygen atoms in total. The number of rotatable bonds is 6. The van der Waals surface area contributed by atoms with Crippen LogP contribution in [0.2, 0.25) is 5.02 Å². The topological polar surface area (TPSA) is 56.7 Å². The van der Waals surface area contributed by atoms with Gasteiger partial charge >= 0.3 is 0 Å². The standard InChI is InChI=1S/C19H28ClFN4O/c1-4-22-19(23-9-7-14-5-6-15(21)11-17(14)20)24-16-8-10-25(12-16)18(26)13(2)3/h5-6,11,13,16H,4,7-10,12H2,1-3H3,(H2,22,23,24). The summed E-state index contributed by atoms with van der Waals surface area (Å²) >= 11 is 6.06. The highest BCUT2D eigenvalue weighted by atomic mass is 35.5. The Morgan fingerprint density at radius 3 is 2.88 bits per heavy atom. The number of guanidine groups is 1. The van der Waals surface area contributed by atoms with Crippen LogP contribution in [-0.2, 0) is 11.2 Å². The monoisotopic (exact) mass is 382 g/mol. The lowest BCUT2D eigenvalue weighted by atomic mass is 10.1. The fraction of sp³-hybridized carbons (Fsp3) is 0.579. The average Bonchev–Trinajstić information content (AvgIpc) is 3.04. The minimum atomic E-state index is -0.334. The van der Waals surface area contributed by atoms with Crippen molar-refractivity contribution in [2.75, 3.05) is 26.2 Å². The van der Waals surface area contributed by atoms with Crippen molar-refractivity contribution < 1.29 is 9.18 Å². The summed E-state index contributed by atoms with van der Waals surface area (Å²) in [7, 11) is 0. The second-order valence-corrected chi connectivity index (χ2v) is 7.22. The molecule has 1 atom stereocenters. The zero-order valence-electron chi connectivity index (χ0n) is 15.7. The molecule has 144 valence electrons. The summed E-state index contributed by atoms with van der Waals surface area (Å²) in [6, 6.07) is 4.63. The fourth-order valence-corrected chi connectivity index (χ4v) is 3.23. The summed E-state index contributed by atoms with van der Waals surface area (Å²) in [6.45, 7) is 8.64. The van der Waals surface area contributed by atoms with Crippen molar-refractivity contribution in [1.82, 2.24) is 15.5 Å². The van der Waals surface area contributed by atoms with E-state index >= 15 is 0 Å². The first-order chi connectivity index (χ1) is 12.4. The van der Waals surface area contributed by atoms with E-state index < -0.39 is 0 Å². The van der Waals surface area contributed by atoms with Gasteiger partial charge in [0.05, 0.1) is 0 Å².